The molecule has 122 valence electrons. The lowest BCUT2D eigenvalue weighted by Gasteiger charge is -2.08. The van der Waals surface area contributed by atoms with Gasteiger partial charge in [-0.25, -0.2) is 13.1 Å². The summed E-state index contributed by atoms with van der Waals surface area (Å²) in [5.41, 5.74) is 1.11. The number of rotatable bonds is 6. The molecule has 0 aliphatic rings. The Balaban J connectivity index is 1.62. The van der Waals surface area contributed by atoms with E-state index in [1.54, 1.807) is 16.6 Å². The molecule has 0 saturated heterocycles. The molecule has 0 aliphatic carbocycles. The van der Waals surface area contributed by atoms with Crippen LogP contribution in [0.3, 0.4) is 0 Å². The molecule has 0 fully saturated rings. The van der Waals surface area contributed by atoms with E-state index in [0.717, 1.165) is 10.6 Å². The first-order chi connectivity index (χ1) is 11.0. The Morgan fingerprint density at radius 3 is 2.65 bits per heavy atom. The average molecular weight is 351 g/mol. The van der Waals surface area contributed by atoms with Gasteiger partial charge in [-0.1, -0.05) is 37.3 Å². The van der Waals surface area contributed by atoms with E-state index in [9.17, 15) is 8.42 Å². The number of hydrogen-bond acceptors (Lipinski definition) is 6. The highest BCUT2D eigenvalue weighted by atomic mass is 32.2. The molecule has 3 aromatic rings. The lowest BCUT2D eigenvalue weighted by Crippen LogP contribution is -2.26. The van der Waals surface area contributed by atoms with Gasteiger partial charge in [-0.2, -0.15) is 9.61 Å². The van der Waals surface area contributed by atoms with Gasteiger partial charge in [-0.05, 0) is 23.6 Å². The largest absolute Gasteiger partial charge is 0.240 e. The molecule has 0 amide bonds. The van der Waals surface area contributed by atoms with Gasteiger partial charge in [0.1, 0.15) is 11.3 Å². The Labute approximate surface area is 138 Å². The van der Waals surface area contributed by atoms with E-state index in [4.69, 9.17) is 0 Å². The second kappa shape index (κ2) is 6.34. The van der Waals surface area contributed by atoms with Gasteiger partial charge >= 0.3 is 0 Å². The quantitative estimate of drug-likeness (QED) is 0.732. The summed E-state index contributed by atoms with van der Waals surface area (Å²) in [5.74, 6) is 0.373. The number of sulfonamides is 1. The minimum absolute atomic E-state index is 0.278. The molecular weight excluding hydrogens is 334 g/mol. The molecule has 23 heavy (non-hydrogen) atoms. The zero-order valence-corrected chi connectivity index (χ0v) is 14.4. The van der Waals surface area contributed by atoms with E-state index in [1.807, 2.05) is 12.1 Å². The summed E-state index contributed by atoms with van der Waals surface area (Å²) in [5, 5.41) is 12.7. The molecule has 0 atom stereocenters. The number of aromatic nitrogens is 4. The maximum atomic E-state index is 12.3. The van der Waals surface area contributed by atoms with Crippen LogP contribution in [0.4, 0.5) is 0 Å². The van der Waals surface area contributed by atoms with E-state index in [1.165, 1.54) is 17.7 Å². The maximum Gasteiger partial charge on any atom is 0.240 e. The van der Waals surface area contributed by atoms with Gasteiger partial charge in [0.15, 0.2) is 0 Å². The first kappa shape index (κ1) is 16.0. The molecule has 0 radical (unpaired) electrons. The lowest BCUT2D eigenvalue weighted by molar-refractivity contribution is 0.581. The molecule has 0 spiro atoms. The third kappa shape index (κ3) is 3.57. The molecule has 0 bridgehead atoms. The second-order valence-electron chi connectivity index (χ2n) is 5.43. The molecule has 1 N–H and O–H groups in total. The topological polar surface area (TPSA) is 89.2 Å². The predicted octanol–water partition coefficient (Wildman–Crippen LogP) is 1.83. The average Bonchev–Trinajstić information content (AvgIpc) is 3.08. The minimum Gasteiger partial charge on any atom is -0.211 e. The summed E-state index contributed by atoms with van der Waals surface area (Å²) in [4.78, 5) is 0.979. The molecule has 2 heterocycles. The van der Waals surface area contributed by atoms with E-state index in [-0.39, 0.29) is 4.90 Å². The van der Waals surface area contributed by atoms with Gasteiger partial charge in [0.05, 0.1) is 4.90 Å². The monoisotopic (exact) mass is 351 g/mol. The Bertz CT molecular complexity index is 868. The minimum atomic E-state index is -3.50. The molecule has 9 heteroatoms. The fraction of sp³-hybridized carbons (Fsp3) is 0.357. The number of fused-ring (bicyclic) bond motifs is 1. The summed E-state index contributed by atoms with van der Waals surface area (Å²) >= 11 is 1.40. The molecular formula is C14H17N5O2S2. The van der Waals surface area contributed by atoms with Crippen molar-refractivity contribution < 1.29 is 8.42 Å². The molecule has 2 aromatic heterocycles. The van der Waals surface area contributed by atoms with E-state index < -0.39 is 10.0 Å². The van der Waals surface area contributed by atoms with Crippen molar-refractivity contribution >= 4 is 26.3 Å². The van der Waals surface area contributed by atoms with Crippen molar-refractivity contribution in [1.29, 1.82) is 0 Å². The summed E-state index contributed by atoms with van der Waals surface area (Å²) in [7, 11) is -3.50. The fourth-order valence-corrected chi connectivity index (χ4v) is 3.95. The number of nitrogens with one attached hydrogen (secondary N) is 1. The van der Waals surface area contributed by atoms with Crippen LogP contribution in [0.1, 0.15) is 30.3 Å². The first-order valence-electron chi connectivity index (χ1n) is 7.21. The second-order valence-corrected chi connectivity index (χ2v) is 8.23. The van der Waals surface area contributed by atoms with Crippen molar-refractivity contribution in [1.82, 2.24) is 24.5 Å². The predicted molar refractivity (Wildman–Crippen MR) is 88.1 cm³/mol. The number of hydrogen-bond donors (Lipinski definition) is 1. The Morgan fingerprint density at radius 2 is 2.00 bits per heavy atom. The normalized spacial score (nSPS) is 12.3. The molecule has 1 aromatic carbocycles. The van der Waals surface area contributed by atoms with Crippen LogP contribution in [0.2, 0.25) is 0 Å². The van der Waals surface area contributed by atoms with Crippen molar-refractivity contribution in [3.05, 3.63) is 41.2 Å². The van der Waals surface area contributed by atoms with E-state index >= 15 is 0 Å². The van der Waals surface area contributed by atoms with Gasteiger partial charge in [0, 0.05) is 13.0 Å². The zero-order chi connectivity index (χ0) is 16.4. The Kier molecular flexibility index (Phi) is 4.42. The Hall–Kier alpha value is -1.84. The van der Waals surface area contributed by atoms with E-state index in [0.29, 0.717) is 23.8 Å². The van der Waals surface area contributed by atoms with Crippen LogP contribution in [0, 0.1) is 0 Å². The van der Waals surface area contributed by atoms with Crippen LogP contribution in [-0.2, 0) is 16.4 Å². The van der Waals surface area contributed by atoms with Crippen molar-refractivity contribution in [3.8, 4) is 0 Å². The standard InChI is InChI=1S/C14H17N5O2S2/c1-10(2)11-3-5-12(6-4-11)23(20,21)16-8-7-13-18-19-9-15-17-14(19)22-13/h3-6,9-10,16H,7-8H2,1-2H3. The molecule has 0 saturated carbocycles. The molecule has 3 rings (SSSR count). The van der Waals surface area contributed by atoms with Crippen LogP contribution in [0.15, 0.2) is 35.5 Å². The van der Waals surface area contributed by atoms with Crippen LogP contribution in [0.25, 0.3) is 4.96 Å². The highest BCUT2D eigenvalue weighted by Crippen LogP contribution is 2.17. The van der Waals surface area contributed by atoms with Crippen LogP contribution in [-0.4, -0.2) is 34.8 Å². The van der Waals surface area contributed by atoms with Gasteiger partial charge < -0.3 is 0 Å². The lowest BCUT2D eigenvalue weighted by atomic mass is 10.0. The van der Waals surface area contributed by atoms with Crippen LogP contribution in [0.5, 0.6) is 0 Å². The maximum absolute atomic E-state index is 12.3. The van der Waals surface area contributed by atoms with Crippen molar-refractivity contribution in [2.24, 2.45) is 0 Å². The smallest absolute Gasteiger partial charge is 0.211 e. The zero-order valence-electron chi connectivity index (χ0n) is 12.8. The summed E-state index contributed by atoms with van der Waals surface area (Å²) in [6.07, 6.45) is 2.03. The third-order valence-electron chi connectivity index (χ3n) is 3.42. The van der Waals surface area contributed by atoms with E-state index in [2.05, 4.69) is 33.9 Å². The highest BCUT2D eigenvalue weighted by molar-refractivity contribution is 7.89. The van der Waals surface area contributed by atoms with Crippen molar-refractivity contribution in [3.63, 3.8) is 0 Å². The number of benzene rings is 1. The fourth-order valence-electron chi connectivity index (χ4n) is 2.11. The molecule has 0 aliphatic heterocycles. The van der Waals surface area contributed by atoms with Gasteiger partial charge in [0.2, 0.25) is 15.0 Å². The molecule has 0 unspecified atom stereocenters. The highest BCUT2D eigenvalue weighted by Gasteiger charge is 2.14. The third-order valence-corrected chi connectivity index (χ3v) is 5.87. The molecule has 7 nitrogen and oxygen atoms in total. The van der Waals surface area contributed by atoms with Crippen LogP contribution < -0.4 is 4.72 Å². The Morgan fingerprint density at radius 1 is 1.26 bits per heavy atom. The summed E-state index contributed by atoms with van der Waals surface area (Å²) < 4.78 is 28.7. The number of nitrogens with zero attached hydrogens (tertiary/aromatic N) is 4. The van der Waals surface area contributed by atoms with Gasteiger partial charge in [0.25, 0.3) is 0 Å². The SMILES string of the molecule is CC(C)c1ccc(S(=O)(=O)NCCc2nn3cnnc3s2)cc1. The van der Waals surface area contributed by atoms with Gasteiger partial charge in [-0.3, -0.25) is 0 Å². The van der Waals surface area contributed by atoms with Crippen LogP contribution >= 0.6 is 11.3 Å². The first-order valence-corrected chi connectivity index (χ1v) is 9.51. The summed E-state index contributed by atoms with van der Waals surface area (Å²) in [6, 6.07) is 6.98. The van der Waals surface area contributed by atoms with Crippen molar-refractivity contribution in [2.45, 2.75) is 31.1 Å². The van der Waals surface area contributed by atoms with Crippen molar-refractivity contribution in [2.75, 3.05) is 6.54 Å². The van der Waals surface area contributed by atoms with Gasteiger partial charge in [-0.15, -0.1) is 10.2 Å². The summed E-state index contributed by atoms with van der Waals surface area (Å²) in [6.45, 7) is 4.43.